The smallest absolute Gasteiger partial charge is 0.288 e. The normalized spacial score (nSPS) is 14.6. The maximum atomic E-state index is 13.4. The Kier molecular flexibility index (Phi) is 8.21. The van der Waals surface area contributed by atoms with Crippen molar-refractivity contribution >= 4 is 39.9 Å². The van der Waals surface area contributed by atoms with Gasteiger partial charge in [0.05, 0.1) is 30.2 Å². The van der Waals surface area contributed by atoms with Crippen LogP contribution in [0.15, 0.2) is 36.7 Å². The quantitative estimate of drug-likeness (QED) is 0.401. The van der Waals surface area contributed by atoms with Crippen LogP contribution in [-0.2, 0) is 5.92 Å². The number of rotatable bonds is 8. The largest absolute Gasteiger partial charge is 0.336 e. The fraction of sp³-hybridized carbons (Fsp3) is 0.375. The number of carbonyl (C=O) groups is 2. The van der Waals surface area contributed by atoms with Gasteiger partial charge in [0.1, 0.15) is 16.5 Å². The maximum Gasteiger partial charge on any atom is 0.288 e. The lowest BCUT2D eigenvalue weighted by Gasteiger charge is -2.34. The number of aryl methyl sites for hydroxylation is 1. The van der Waals surface area contributed by atoms with Crippen molar-refractivity contribution in [2.75, 3.05) is 43.4 Å². The lowest BCUT2D eigenvalue weighted by Crippen LogP contribution is -2.49. The van der Waals surface area contributed by atoms with E-state index in [2.05, 4.69) is 25.0 Å². The summed E-state index contributed by atoms with van der Waals surface area (Å²) in [5, 5.41) is 6.02. The highest BCUT2D eigenvalue weighted by Crippen LogP contribution is 2.29. The van der Waals surface area contributed by atoms with Crippen molar-refractivity contribution in [2.45, 2.75) is 26.2 Å². The first kappa shape index (κ1) is 27.4. The molecular weight excluding hydrogens is 526 g/mol. The lowest BCUT2D eigenvalue weighted by atomic mass is 10.1. The van der Waals surface area contributed by atoms with Gasteiger partial charge < -0.3 is 15.5 Å². The van der Waals surface area contributed by atoms with Crippen LogP contribution >= 0.6 is 11.5 Å². The first-order chi connectivity index (χ1) is 18.0. The van der Waals surface area contributed by atoms with Crippen LogP contribution in [0.4, 0.5) is 34.1 Å². The fourth-order valence-electron chi connectivity index (χ4n) is 3.86. The van der Waals surface area contributed by atoms with Crippen LogP contribution in [0.25, 0.3) is 0 Å². The van der Waals surface area contributed by atoms with Crippen molar-refractivity contribution in [1.82, 2.24) is 24.1 Å². The highest BCUT2D eigenvalue weighted by molar-refractivity contribution is 7.10. The van der Waals surface area contributed by atoms with E-state index >= 15 is 0 Å². The molecule has 2 aromatic heterocycles. The summed E-state index contributed by atoms with van der Waals surface area (Å²) in [6.45, 7) is 3.57. The van der Waals surface area contributed by atoms with E-state index in [1.54, 1.807) is 41.0 Å². The van der Waals surface area contributed by atoms with E-state index in [0.717, 1.165) is 30.8 Å². The predicted molar refractivity (Wildman–Crippen MR) is 134 cm³/mol. The van der Waals surface area contributed by atoms with E-state index in [-0.39, 0.29) is 23.8 Å². The van der Waals surface area contributed by atoms with Crippen LogP contribution in [0.5, 0.6) is 0 Å². The van der Waals surface area contributed by atoms with Crippen molar-refractivity contribution in [1.29, 1.82) is 0 Å². The molecule has 1 aromatic carbocycles. The summed E-state index contributed by atoms with van der Waals surface area (Å²) >= 11 is 1.01. The molecule has 0 aliphatic carbocycles. The minimum Gasteiger partial charge on any atom is -0.336 e. The molecule has 0 radical (unpaired) electrons. The molecule has 38 heavy (non-hydrogen) atoms. The molecule has 14 heteroatoms. The summed E-state index contributed by atoms with van der Waals surface area (Å²) in [5.41, 5.74) is 1.10. The fourth-order valence-corrected chi connectivity index (χ4v) is 4.66. The number of benzene rings is 1. The molecule has 9 nitrogen and oxygen atoms in total. The first-order valence-electron chi connectivity index (χ1n) is 11.7. The lowest BCUT2D eigenvalue weighted by molar-refractivity contribution is 0.0124. The highest BCUT2D eigenvalue weighted by Gasteiger charge is 2.27. The topological polar surface area (TPSA) is 103 Å². The van der Waals surface area contributed by atoms with Gasteiger partial charge in [0.2, 0.25) is 0 Å². The number of amides is 2. The molecule has 4 rings (SSSR count). The third kappa shape index (κ3) is 6.61. The number of halogens is 4. The van der Waals surface area contributed by atoms with Gasteiger partial charge in [-0.05, 0) is 42.7 Å². The van der Waals surface area contributed by atoms with E-state index in [9.17, 15) is 27.2 Å². The summed E-state index contributed by atoms with van der Waals surface area (Å²) in [6.07, 6.45) is -0.294. The van der Waals surface area contributed by atoms with E-state index in [1.807, 2.05) is 0 Å². The summed E-state index contributed by atoms with van der Waals surface area (Å²) in [5.74, 6) is -3.62. The molecule has 1 fully saturated rings. The third-order valence-electron chi connectivity index (χ3n) is 5.88. The summed E-state index contributed by atoms with van der Waals surface area (Å²) in [7, 11) is 0. The van der Waals surface area contributed by atoms with Crippen LogP contribution < -0.4 is 10.6 Å². The second-order valence-electron chi connectivity index (χ2n) is 8.79. The van der Waals surface area contributed by atoms with Gasteiger partial charge in [0.25, 0.3) is 24.2 Å². The predicted octanol–water partition coefficient (Wildman–Crippen LogP) is 4.37. The summed E-state index contributed by atoms with van der Waals surface area (Å²) < 4.78 is 56.1. The molecule has 0 unspecified atom stereocenters. The van der Waals surface area contributed by atoms with Crippen molar-refractivity contribution in [3.8, 4) is 0 Å². The van der Waals surface area contributed by atoms with E-state index < -0.39 is 23.9 Å². The van der Waals surface area contributed by atoms with Crippen LogP contribution in [0, 0.1) is 6.92 Å². The number of nitrogens with one attached hydrogen (secondary N) is 2. The molecule has 3 heterocycles. The number of anilines is 3. The van der Waals surface area contributed by atoms with E-state index in [0.29, 0.717) is 48.1 Å². The second-order valence-corrected chi connectivity index (χ2v) is 9.56. The summed E-state index contributed by atoms with van der Waals surface area (Å²) in [4.78, 5) is 36.7. The molecule has 1 aliphatic heterocycles. The molecule has 1 saturated heterocycles. The van der Waals surface area contributed by atoms with Crippen LogP contribution in [0.1, 0.15) is 39.0 Å². The minimum atomic E-state index is -3.12. The first-order valence-corrected chi connectivity index (χ1v) is 12.4. The van der Waals surface area contributed by atoms with Crippen molar-refractivity contribution < 1.29 is 27.2 Å². The standard InChI is InChI=1S/C24H25F4N7O2S/c1-14-20(22(38-33-14)32-19-12-29-17(11-30-19)24(2,27)28)21(36)31-16-5-3-15(4-6-16)23(37)35-9-7-34(8-10-35)13-18(25)26/h3-6,11-12,18H,7-10,13H2,1-2H3,(H,30,32)(H,31,36). The Hall–Kier alpha value is -3.65. The molecule has 0 bridgehead atoms. The molecule has 0 spiro atoms. The zero-order chi connectivity index (χ0) is 27.4. The average molecular weight is 552 g/mol. The monoisotopic (exact) mass is 551 g/mol. The number of nitrogens with zero attached hydrogens (tertiary/aromatic N) is 5. The highest BCUT2D eigenvalue weighted by atomic mass is 32.1. The van der Waals surface area contributed by atoms with Crippen molar-refractivity contribution in [2.24, 2.45) is 0 Å². The van der Waals surface area contributed by atoms with Crippen LogP contribution in [-0.4, -0.2) is 75.1 Å². The maximum absolute atomic E-state index is 13.4. The SMILES string of the molecule is Cc1nsc(Nc2cnc(C(C)(F)F)cn2)c1C(=O)Nc1ccc(C(=O)N2CCN(CC(F)F)CC2)cc1. The molecule has 202 valence electrons. The Morgan fingerprint density at radius 3 is 2.34 bits per heavy atom. The number of hydrogen-bond acceptors (Lipinski definition) is 8. The molecule has 0 atom stereocenters. The molecule has 0 saturated carbocycles. The number of alkyl halides is 4. The molecule has 2 amide bonds. The summed E-state index contributed by atoms with van der Waals surface area (Å²) in [6, 6.07) is 6.36. The van der Waals surface area contributed by atoms with Gasteiger partial charge in [-0.1, -0.05) is 0 Å². The number of hydrogen-bond donors (Lipinski definition) is 2. The number of piperazine rings is 1. The zero-order valence-corrected chi connectivity index (χ0v) is 21.4. The second kappa shape index (κ2) is 11.4. The Bertz CT molecular complexity index is 1270. The third-order valence-corrected chi connectivity index (χ3v) is 6.73. The Morgan fingerprint density at radius 1 is 1.08 bits per heavy atom. The molecular formula is C24H25F4N7O2S. The van der Waals surface area contributed by atoms with Gasteiger partial charge in [0, 0.05) is 44.4 Å². The van der Waals surface area contributed by atoms with Gasteiger partial charge in [0.15, 0.2) is 0 Å². The van der Waals surface area contributed by atoms with E-state index in [4.69, 9.17) is 0 Å². The average Bonchev–Trinajstić information content (AvgIpc) is 3.23. The number of carbonyl (C=O) groups excluding carboxylic acids is 2. The molecule has 1 aliphatic rings. The minimum absolute atomic E-state index is 0.175. The van der Waals surface area contributed by atoms with Gasteiger partial charge in [-0.3, -0.25) is 14.5 Å². The van der Waals surface area contributed by atoms with Crippen molar-refractivity contribution in [3.63, 3.8) is 0 Å². The Morgan fingerprint density at radius 2 is 1.76 bits per heavy atom. The molecule has 3 aromatic rings. The van der Waals surface area contributed by atoms with E-state index in [1.165, 1.54) is 0 Å². The molecule has 2 N–H and O–H groups in total. The van der Waals surface area contributed by atoms with Gasteiger partial charge in [-0.2, -0.15) is 13.2 Å². The zero-order valence-electron chi connectivity index (χ0n) is 20.5. The van der Waals surface area contributed by atoms with Crippen LogP contribution in [0.3, 0.4) is 0 Å². The van der Waals surface area contributed by atoms with Gasteiger partial charge in [-0.15, -0.1) is 0 Å². The van der Waals surface area contributed by atoms with Crippen LogP contribution in [0.2, 0.25) is 0 Å². The number of aromatic nitrogens is 3. The van der Waals surface area contributed by atoms with Crippen molar-refractivity contribution in [3.05, 3.63) is 59.2 Å². The Labute approximate surface area is 220 Å². The Balaban J connectivity index is 1.38. The van der Waals surface area contributed by atoms with Gasteiger partial charge >= 0.3 is 0 Å². The van der Waals surface area contributed by atoms with Gasteiger partial charge in [-0.25, -0.2) is 18.7 Å².